The lowest BCUT2D eigenvalue weighted by Crippen LogP contribution is -2.26. The van der Waals surface area contributed by atoms with Gasteiger partial charge in [-0.1, -0.05) is 6.07 Å². The number of hydrogen-bond acceptors (Lipinski definition) is 3. The van der Waals surface area contributed by atoms with Crippen molar-refractivity contribution in [1.29, 1.82) is 0 Å². The molecule has 1 aromatic carbocycles. The van der Waals surface area contributed by atoms with Crippen LogP contribution in [0.2, 0.25) is 0 Å². The van der Waals surface area contributed by atoms with E-state index in [0.717, 1.165) is 0 Å². The van der Waals surface area contributed by atoms with Crippen molar-refractivity contribution in [1.82, 2.24) is 4.37 Å². The molecule has 0 atom stereocenters. The van der Waals surface area contributed by atoms with Crippen LogP contribution in [0.1, 0.15) is 16.1 Å². The van der Waals surface area contributed by atoms with E-state index >= 15 is 0 Å². The summed E-state index contributed by atoms with van der Waals surface area (Å²) in [5, 5.41) is 1.70. The highest BCUT2D eigenvalue weighted by molar-refractivity contribution is 7.04. The summed E-state index contributed by atoms with van der Waals surface area (Å²) in [7, 11) is 1.62. The van der Waals surface area contributed by atoms with Crippen LogP contribution in [-0.2, 0) is 0 Å². The Morgan fingerprint density at radius 2 is 2.24 bits per heavy atom. The number of benzene rings is 1. The molecule has 0 saturated heterocycles. The summed E-state index contributed by atoms with van der Waals surface area (Å²) in [6.07, 6.45) is 0. The van der Waals surface area contributed by atoms with Crippen molar-refractivity contribution in [2.75, 3.05) is 11.9 Å². The molecular weight excluding hydrogens is 239 g/mol. The van der Waals surface area contributed by atoms with Crippen LogP contribution in [0.5, 0.6) is 0 Å². The Morgan fingerprint density at radius 1 is 1.47 bits per heavy atom. The maximum atomic E-state index is 13.1. The van der Waals surface area contributed by atoms with Gasteiger partial charge in [-0.25, -0.2) is 4.39 Å². The third-order valence-electron chi connectivity index (χ3n) is 2.48. The first-order valence-corrected chi connectivity index (χ1v) is 5.88. The quantitative estimate of drug-likeness (QED) is 0.821. The van der Waals surface area contributed by atoms with Crippen LogP contribution in [0, 0.1) is 12.7 Å². The van der Waals surface area contributed by atoms with Gasteiger partial charge in [-0.05, 0) is 36.7 Å². The van der Waals surface area contributed by atoms with Gasteiger partial charge in [0, 0.05) is 18.1 Å². The predicted octanol–water partition coefficient (Wildman–Crippen LogP) is 2.87. The van der Waals surface area contributed by atoms with Crippen molar-refractivity contribution >= 4 is 23.1 Å². The molecule has 1 aromatic heterocycles. The molecule has 88 valence electrons. The van der Waals surface area contributed by atoms with Crippen LogP contribution in [0.4, 0.5) is 10.1 Å². The van der Waals surface area contributed by atoms with Gasteiger partial charge < -0.3 is 4.90 Å². The zero-order valence-corrected chi connectivity index (χ0v) is 10.3. The number of carbonyl (C=O) groups is 1. The van der Waals surface area contributed by atoms with E-state index in [1.807, 2.05) is 0 Å². The number of amides is 1. The van der Waals surface area contributed by atoms with E-state index in [2.05, 4.69) is 4.37 Å². The molecule has 1 heterocycles. The number of rotatable bonds is 2. The third-order valence-corrected chi connectivity index (χ3v) is 3.20. The molecule has 0 saturated carbocycles. The Bertz CT molecular complexity index is 553. The van der Waals surface area contributed by atoms with Gasteiger partial charge in [0.25, 0.3) is 5.91 Å². The zero-order valence-electron chi connectivity index (χ0n) is 9.48. The van der Waals surface area contributed by atoms with E-state index in [9.17, 15) is 9.18 Å². The average Bonchev–Trinajstić information content (AvgIpc) is 2.73. The Kier molecular flexibility index (Phi) is 3.19. The van der Waals surface area contributed by atoms with Gasteiger partial charge in [-0.2, -0.15) is 4.37 Å². The van der Waals surface area contributed by atoms with E-state index in [4.69, 9.17) is 0 Å². The summed E-state index contributed by atoms with van der Waals surface area (Å²) in [4.78, 5) is 13.5. The van der Waals surface area contributed by atoms with E-state index in [0.29, 0.717) is 16.9 Å². The minimum atomic E-state index is -0.359. The molecule has 0 radical (unpaired) electrons. The highest BCUT2D eigenvalue weighted by Crippen LogP contribution is 2.18. The van der Waals surface area contributed by atoms with Crippen LogP contribution in [0.15, 0.2) is 29.6 Å². The largest absolute Gasteiger partial charge is 0.311 e. The Balaban J connectivity index is 2.30. The number of carbonyl (C=O) groups excluding carboxylic acids is 1. The molecule has 0 fully saturated rings. The fraction of sp³-hybridized carbons (Fsp3) is 0.167. The molecule has 17 heavy (non-hydrogen) atoms. The van der Waals surface area contributed by atoms with Gasteiger partial charge in [0.05, 0.1) is 11.3 Å². The van der Waals surface area contributed by atoms with Crippen molar-refractivity contribution in [3.05, 3.63) is 46.7 Å². The molecule has 0 N–H and O–H groups in total. The van der Waals surface area contributed by atoms with Crippen LogP contribution in [0.25, 0.3) is 0 Å². The minimum absolute atomic E-state index is 0.179. The van der Waals surface area contributed by atoms with Crippen molar-refractivity contribution in [3.8, 4) is 0 Å². The van der Waals surface area contributed by atoms with Gasteiger partial charge in [0.15, 0.2) is 0 Å². The highest BCUT2D eigenvalue weighted by atomic mass is 32.1. The summed E-state index contributed by atoms with van der Waals surface area (Å²) in [5.74, 6) is -0.538. The monoisotopic (exact) mass is 250 g/mol. The second kappa shape index (κ2) is 4.63. The van der Waals surface area contributed by atoms with Crippen molar-refractivity contribution in [3.63, 3.8) is 0 Å². The van der Waals surface area contributed by atoms with Gasteiger partial charge in [-0.15, -0.1) is 0 Å². The molecule has 2 rings (SSSR count). The number of anilines is 1. The molecule has 0 unspecified atom stereocenters. The van der Waals surface area contributed by atoms with Crippen LogP contribution >= 0.6 is 11.5 Å². The second-order valence-electron chi connectivity index (χ2n) is 3.66. The van der Waals surface area contributed by atoms with Crippen LogP contribution < -0.4 is 4.90 Å². The summed E-state index contributed by atoms with van der Waals surface area (Å²) in [6, 6.07) is 5.94. The number of aryl methyl sites for hydroxylation is 1. The van der Waals surface area contributed by atoms with Crippen LogP contribution in [0.3, 0.4) is 0 Å². The van der Waals surface area contributed by atoms with E-state index < -0.39 is 0 Å². The Hall–Kier alpha value is -1.75. The number of halogens is 1. The topological polar surface area (TPSA) is 33.2 Å². The molecule has 0 aliphatic heterocycles. The second-order valence-corrected chi connectivity index (χ2v) is 4.29. The lowest BCUT2D eigenvalue weighted by atomic mass is 10.2. The molecule has 2 aromatic rings. The standard InChI is InChI=1S/C12H11FN2OS/c1-8-11(7-17-14-8)12(16)15(2)10-5-3-4-9(13)6-10/h3-7H,1-2H3. The fourth-order valence-electron chi connectivity index (χ4n) is 1.48. The third kappa shape index (κ3) is 2.34. The SMILES string of the molecule is Cc1nscc1C(=O)N(C)c1cccc(F)c1. The van der Waals surface area contributed by atoms with E-state index in [1.165, 1.54) is 28.6 Å². The molecule has 5 heteroatoms. The summed E-state index contributed by atoms with van der Waals surface area (Å²) in [5.41, 5.74) is 1.78. The van der Waals surface area contributed by atoms with Gasteiger partial charge in [0.1, 0.15) is 5.82 Å². The molecule has 0 aliphatic carbocycles. The summed E-state index contributed by atoms with van der Waals surface area (Å²) < 4.78 is 17.1. The normalized spacial score (nSPS) is 10.3. The fourth-order valence-corrected chi connectivity index (χ4v) is 2.17. The Labute approximate surface area is 103 Å². The van der Waals surface area contributed by atoms with Crippen molar-refractivity contribution < 1.29 is 9.18 Å². The number of hydrogen-bond donors (Lipinski definition) is 0. The molecule has 3 nitrogen and oxygen atoms in total. The smallest absolute Gasteiger partial charge is 0.260 e. The minimum Gasteiger partial charge on any atom is -0.311 e. The van der Waals surface area contributed by atoms with Crippen LogP contribution in [-0.4, -0.2) is 17.3 Å². The van der Waals surface area contributed by atoms with Crippen molar-refractivity contribution in [2.24, 2.45) is 0 Å². The predicted molar refractivity (Wildman–Crippen MR) is 66.0 cm³/mol. The number of aromatic nitrogens is 1. The van der Waals surface area contributed by atoms with E-state index in [-0.39, 0.29) is 11.7 Å². The number of nitrogens with zero attached hydrogens (tertiary/aromatic N) is 2. The highest BCUT2D eigenvalue weighted by Gasteiger charge is 2.17. The first-order valence-electron chi connectivity index (χ1n) is 5.04. The molecule has 0 spiro atoms. The first kappa shape index (κ1) is 11.7. The molecule has 1 amide bonds. The van der Waals surface area contributed by atoms with Gasteiger partial charge in [-0.3, -0.25) is 4.79 Å². The Morgan fingerprint density at radius 3 is 2.82 bits per heavy atom. The van der Waals surface area contributed by atoms with Crippen molar-refractivity contribution in [2.45, 2.75) is 6.92 Å². The molecular formula is C12H11FN2OS. The van der Waals surface area contributed by atoms with Gasteiger partial charge in [0.2, 0.25) is 0 Å². The molecule has 0 aliphatic rings. The lowest BCUT2D eigenvalue weighted by molar-refractivity contribution is 0.0992. The first-order chi connectivity index (χ1) is 8.09. The summed E-state index contributed by atoms with van der Waals surface area (Å²) in [6.45, 7) is 1.78. The zero-order chi connectivity index (χ0) is 12.4. The summed E-state index contributed by atoms with van der Waals surface area (Å²) >= 11 is 1.24. The maximum Gasteiger partial charge on any atom is 0.260 e. The lowest BCUT2D eigenvalue weighted by Gasteiger charge is -2.16. The molecule has 0 bridgehead atoms. The van der Waals surface area contributed by atoms with Gasteiger partial charge >= 0.3 is 0 Å². The average molecular weight is 250 g/mol. The maximum absolute atomic E-state index is 13.1. The van der Waals surface area contributed by atoms with E-state index in [1.54, 1.807) is 31.5 Å².